The number of nitrogens with one attached hydrogen (secondary N) is 2. The van der Waals surface area contributed by atoms with Crippen molar-refractivity contribution in [2.45, 2.75) is 32.2 Å². The summed E-state index contributed by atoms with van der Waals surface area (Å²) in [7, 11) is 2.00. The van der Waals surface area contributed by atoms with Gasteiger partial charge in [0, 0.05) is 42.3 Å². The number of aryl methyl sites for hydroxylation is 1. The fraction of sp³-hybridized carbons (Fsp3) is 0.421. The Morgan fingerprint density at radius 1 is 1.31 bits per heavy atom. The van der Waals surface area contributed by atoms with Gasteiger partial charge < -0.3 is 21.3 Å². The van der Waals surface area contributed by atoms with E-state index in [1.165, 1.54) is 0 Å². The zero-order valence-electron chi connectivity index (χ0n) is 15.3. The van der Waals surface area contributed by atoms with E-state index < -0.39 is 0 Å². The second-order valence-corrected chi connectivity index (χ2v) is 6.59. The molecule has 7 nitrogen and oxygen atoms in total. The minimum Gasteiger partial charge on any atom is -0.399 e. The molecule has 2 aromatic rings. The second-order valence-electron chi connectivity index (χ2n) is 6.59. The molecule has 0 amide bonds. The number of nitrogens with two attached hydrogens (primary N) is 1. The third-order valence-corrected chi connectivity index (χ3v) is 4.53. The predicted molar refractivity (Wildman–Crippen MR) is 105 cm³/mol. The summed E-state index contributed by atoms with van der Waals surface area (Å²) in [5.74, 6) is 1.47. The lowest BCUT2D eigenvalue weighted by Crippen LogP contribution is -2.30. The van der Waals surface area contributed by atoms with Gasteiger partial charge in [0.25, 0.3) is 0 Å². The highest BCUT2D eigenvalue weighted by Gasteiger charge is 2.23. The fourth-order valence-electron chi connectivity index (χ4n) is 3.21. The van der Waals surface area contributed by atoms with Crippen LogP contribution >= 0.6 is 0 Å². The number of rotatable bonds is 6. The van der Waals surface area contributed by atoms with E-state index in [0.717, 1.165) is 49.6 Å². The number of nitrogen functional groups attached to an aromatic ring is 1. The van der Waals surface area contributed by atoms with Crippen molar-refractivity contribution in [3.8, 4) is 6.07 Å². The molecule has 1 aliphatic heterocycles. The van der Waals surface area contributed by atoms with Crippen LogP contribution in [0.2, 0.25) is 0 Å². The molecule has 0 aliphatic carbocycles. The van der Waals surface area contributed by atoms with Gasteiger partial charge in [-0.05, 0) is 38.1 Å². The summed E-state index contributed by atoms with van der Waals surface area (Å²) in [6.45, 7) is 4.05. The normalized spacial score (nSPS) is 16.5. The molecule has 1 aliphatic rings. The van der Waals surface area contributed by atoms with Crippen LogP contribution in [0.1, 0.15) is 31.0 Å². The summed E-state index contributed by atoms with van der Waals surface area (Å²) >= 11 is 0. The van der Waals surface area contributed by atoms with Crippen LogP contribution < -0.4 is 21.3 Å². The molecule has 7 heteroatoms. The predicted octanol–water partition coefficient (Wildman–Crippen LogP) is 2.42. The lowest BCUT2D eigenvalue weighted by atomic mass is 10.2. The molecule has 1 atom stereocenters. The van der Waals surface area contributed by atoms with E-state index >= 15 is 0 Å². The van der Waals surface area contributed by atoms with Crippen molar-refractivity contribution in [2.75, 3.05) is 36.1 Å². The van der Waals surface area contributed by atoms with Crippen molar-refractivity contribution < 1.29 is 0 Å². The molecule has 26 heavy (non-hydrogen) atoms. The smallest absolute Gasteiger partial charge is 0.229 e. The molecular weight excluding hydrogens is 326 g/mol. The minimum atomic E-state index is 0.489. The maximum absolute atomic E-state index is 9.13. The van der Waals surface area contributed by atoms with Gasteiger partial charge in [0.15, 0.2) is 0 Å². The van der Waals surface area contributed by atoms with Crippen LogP contribution in [0.4, 0.5) is 23.1 Å². The maximum atomic E-state index is 9.13. The van der Waals surface area contributed by atoms with E-state index in [1.807, 2.05) is 7.05 Å². The number of nitriles is 1. The monoisotopic (exact) mass is 351 g/mol. The lowest BCUT2D eigenvalue weighted by molar-refractivity contribution is 0.616. The number of hydrogen-bond acceptors (Lipinski definition) is 7. The number of hydrogen-bond donors (Lipinski definition) is 3. The molecule has 1 aromatic heterocycles. The van der Waals surface area contributed by atoms with E-state index in [1.54, 1.807) is 18.2 Å². The Morgan fingerprint density at radius 2 is 2.15 bits per heavy atom. The third kappa shape index (κ3) is 4.21. The van der Waals surface area contributed by atoms with Gasteiger partial charge in [-0.25, -0.2) is 4.98 Å². The first kappa shape index (κ1) is 18.0. The third-order valence-electron chi connectivity index (χ3n) is 4.53. The van der Waals surface area contributed by atoms with E-state index in [9.17, 15) is 0 Å². The van der Waals surface area contributed by atoms with Crippen molar-refractivity contribution in [3.63, 3.8) is 0 Å². The zero-order valence-corrected chi connectivity index (χ0v) is 15.3. The summed E-state index contributed by atoms with van der Waals surface area (Å²) < 4.78 is 0. The SMILES string of the molecule is CCCc1cc(N2CCC(NC)C2)nc(Nc2cc(N)cc(C#N)c2)n1. The molecule has 1 unspecified atom stereocenters. The lowest BCUT2D eigenvalue weighted by Gasteiger charge is -2.19. The minimum absolute atomic E-state index is 0.489. The van der Waals surface area contributed by atoms with Gasteiger partial charge in [-0.15, -0.1) is 0 Å². The average molecular weight is 351 g/mol. The summed E-state index contributed by atoms with van der Waals surface area (Å²) in [6, 6.07) is 9.86. The van der Waals surface area contributed by atoms with Crippen molar-refractivity contribution in [3.05, 3.63) is 35.5 Å². The molecule has 0 spiro atoms. The van der Waals surface area contributed by atoms with Crippen molar-refractivity contribution in [1.29, 1.82) is 5.26 Å². The van der Waals surface area contributed by atoms with Gasteiger partial charge in [-0.2, -0.15) is 10.2 Å². The number of aromatic nitrogens is 2. The molecular formula is C19H25N7. The number of anilines is 4. The van der Waals surface area contributed by atoms with Crippen molar-refractivity contribution in [2.24, 2.45) is 0 Å². The molecule has 1 saturated heterocycles. The van der Waals surface area contributed by atoms with Crippen LogP contribution in [0, 0.1) is 11.3 Å². The highest BCUT2D eigenvalue weighted by Crippen LogP contribution is 2.24. The second kappa shape index (κ2) is 8.02. The largest absolute Gasteiger partial charge is 0.399 e. The Balaban J connectivity index is 1.89. The molecule has 0 saturated carbocycles. The summed E-state index contributed by atoms with van der Waals surface area (Å²) in [4.78, 5) is 11.6. The molecule has 2 heterocycles. The Morgan fingerprint density at radius 3 is 2.85 bits per heavy atom. The Bertz CT molecular complexity index is 812. The summed E-state index contributed by atoms with van der Waals surface area (Å²) in [5.41, 5.74) is 8.65. The van der Waals surface area contributed by atoms with Gasteiger partial charge >= 0.3 is 0 Å². The molecule has 4 N–H and O–H groups in total. The van der Waals surface area contributed by atoms with Gasteiger partial charge in [0.1, 0.15) is 5.82 Å². The first-order chi connectivity index (χ1) is 12.6. The van der Waals surface area contributed by atoms with E-state index in [4.69, 9.17) is 16.0 Å². The first-order valence-corrected chi connectivity index (χ1v) is 8.99. The number of nitrogens with zero attached hydrogens (tertiary/aromatic N) is 4. The fourth-order valence-corrected chi connectivity index (χ4v) is 3.21. The topological polar surface area (TPSA) is 103 Å². The first-order valence-electron chi connectivity index (χ1n) is 8.99. The van der Waals surface area contributed by atoms with Crippen LogP contribution in [-0.2, 0) is 6.42 Å². The van der Waals surface area contributed by atoms with Crippen LogP contribution in [0.25, 0.3) is 0 Å². The molecule has 1 aromatic carbocycles. The van der Waals surface area contributed by atoms with Gasteiger partial charge in [0.05, 0.1) is 11.6 Å². The van der Waals surface area contributed by atoms with E-state index in [0.29, 0.717) is 23.2 Å². The van der Waals surface area contributed by atoms with Gasteiger partial charge in [-0.1, -0.05) is 13.3 Å². The number of likely N-dealkylation sites (N-methyl/N-ethyl adjacent to an activating group) is 1. The molecule has 1 fully saturated rings. The van der Waals surface area contributed by atoms with Gasteiger partial charge in [-0.3, -0.25) is 0 Å². The van der Waals surface area contributed by atoms with E-state index in [-0.39, 0.29) is 0 Å². The molecule has 136 valence electrons. The standard InChI is InChI=1S/C19H25N7/c1-3-4-15-10-18(26-6-5-16(12-26)22-2)25-19(23-15)24-17-8-13(11-20)7-14(21)9-17/h7-10,16,22H,3-6,12,21H2,1-2H3,(H,23,24,25). The van der Waals surface area contributed by atoms with E-state index in [2.05, 4.69) is 39.6 Å². The van der Waals surface area contributed by atoms with Crippen LogP contribution in [0.5, 0.6) is 0 Å². The summed E-state index contributed by atoms with van der Waals surface area (Å²) in [5, 5.41) is 15.7. The van der Waals surface area contributed by atoms with Crippen LogP contribution in [-0.4, -0.2) is 36.1 Å². The van der Waals surface area contributed by atoms with Gasteiger partial charge in [0.2, 0.25) is 5.95 Å². The highest BCUT2D eigenvalue weighted by atomic mass is 15.3. The Labute approximate surface area is 154 Å². The Kier molecular flexibility index (Phi) is 5.54. The maximum Gasteiger partial charge on any atom is 0.229 e. The molecule has 0 bridgehead atoms. The van der Waals surface area contributed by atoms with Crippen molar-refractivity contribution in [1.82, 2.24) is 15.3 Å². The van der Waals surface area contributed by atoms with Crippen LogP contribution in [0.3, 0.4) is 0 Å². The Hall–Kier alpha value is -2.85. The molecule has 0 radical (unpaired) electrons. The van der Waals surface area contributed by atoms with Crippen molar-refractivity contribution >= 4 is 23.1 Å². The summed E-state index contributed by atoms with van der Waals surface area (Å²) in [6.07, 6.45) is 3.02. The number of benzene rings is 1. The quantitative estimate of drug-likeness (QED) is 0.687. The van der Waals surface area contributed by atoms with Crippen LogP contribution in [0.15, 0.2) is 24.3 Å². The average Bonchev–Trinajstić information content (AvgIpc) is 3.10. The highest BCUT2D eigenvalue weighted by molar-refractivity contribution is 5.64. The molecule has 3 rings (SSSR count). The zero-order chi connectivity index (χ0) is 18.5.